The molecule has 6 N–H and O–H groups in total. The third-order valence-electron chi connectivity index (χ3n) is 19.5. The Kier molecular flexibility index (Phi) is 68.0. The Balaban J connectivity index is 1.87. The molecule has 0 saturated carbocycles. The van der Waals surface area contributed by atoms with E-state index in [4.69, 9.17) is 14.2 Å². The van der Waals surface area contributed by atoms with E-state index in [1.807, 2.05) is 6.08 Å². The zero-order valence-corrected chi connectivity index (χ0v) is 61.2. The Morgan fingerprint density at radius 2 is 0.742 bits per heavy atom. The van der Waals surface area contributed by atoms with Gasteiger partial charge in [0.05, 0.1) is 32.0 Å². The molecule has 11 heteroatoms. The summed E-state index contributed by atoms with van der Waals surface area (Å²) in [6.45, 7) is 4.33. The van der Waals surface area contributed by atoms with Crippen molar-refractivity contribution >= 4 is 11.9 Å². The molecule has 7 atom stereocenters. The fourth-order valence-corrected chi connectivity index (χ4v) is 13.1. The van der Waals surface area contributed by atoms with Gasteiger partial charge in [-0.1, -0.05) is 378 Å². The molecule has 0 radical (unpaired) electrons. The fourth-order valence-electron chi connectivity index (χ4n) is 13.1. The summed E-state index contributed by atoms with van der Waals surface area (Å²) in [7, 11) is 0. The van der Waals surface area contributed by atoms with E-state index in [1.54, 1.807) is 6.08 Å². The lowest BCUT2D eigenvalue weighted by atomic mass is 9.99. The molecule has 1 amide bonds. The number of nitrogens with one attached hydrogen (secondary N) is 1. The minimum absolute atomic E-state index is 0.00340. The Labute approximate surface area is 574 Å². The average Bonchev–Trinajstić information content (AvgIpc) is 0.985. The van der Waals surface area contributed by atoms with Crippen molar-refractivity contribution in [2.24, 2.45) is 0 Å². The van der Waals surface area contributed by atoms with E-state index in [2.05, 4.69) is 43.5 Å². The highest BCUT2D eigenvalue weighted by atomic mass is 16.7. The van der Waals surface area contributed by atoms with Crippen LogP contribution in [0.1, 0.15) is 412 Å². The molecule has 0 aromatic carbocycles. The lowest BCUT2D eigenvalue weighted by Crippen LogP contribution is -2.60. The van der Waals surface area contributed by atoms with Crippen molar-refractivity contribution in [3.05, 3.63) is 36.5 Å². The molecular weight excluding hydrogens is 1160 g/mol. The van der Waals surface area contributed by atoms with Crippen molar-refractivity contribution in [2.45, 2.75) is 455 Å². The average molecular weight is 1320 g/mol. The van der Waals surface area contributed by atoms with Crippen LogP contribution in [0.15, 0.2) is 36.5 Å². The van der Waals surface area contributed by atoms with Crippen molar-refractivity contribution < 1.29 is 49.3 Å². The number of carbonyl (C=O) groups is 2. The first-order chi connectivity index (χ1) is 45.7. The van der Waals surface area contributed by atoms with Crippen molar-refractivity contribution in [1.82, 2.24) is 5.32 Å². The molecule has 0 aromatic rings. The van der Waals surface area contributed by atoms with Crippen LogP contribution in [0.5, 0.6) is 0 Å². The number of aliphatic hydroxyl groups is 5. The van der Waals surface area contributed by atoms with Crippen molar-refractivity contribution in [1.29, 1.82) is 0 Å². The number of hydrogen-bond acceptors (Lipinski definition) is 10. The van der Waals surface area contributed by atoms with Gasteiger partial charge in [0.2, 0.25) is 5.91 Å². The minimum Gasteiger partial charge on any atom is -0.466 e. The predicted octanol–water partition coefficient (Wildman–Crippen LogP) is 22.1. The SMILES string of the molecule is CCC/C=C\C/C=C\CCCCCCCC(=O)OCCCCCCCCCCCCCCCCCCCCCCCCCCCCCCCCCCCCCCCCCC(=O)NC(COC1OC(CO)C(O)C(O)C1O)C(O)/C=C/CCCCCCCCCCCCC. The molecule has 548 valence electrons. The van der Waals surface area contributed by atoms with Gasteiger partial charge in [-0.2, -0.15) is 0 Å². The number of carbonyl (C=O) groups excluding carboxylic acids is 2. The largest absolute Gasteiger partial charge is 0.466 e. The summed E-state index contributed by atoms with van der Waals surface area (Å²) in [4.78, 5) is 25.1. The van der Waals surface area contributed by atoms with Gasteiger partial charge in [-0.3, -0.25) is 9.59 Å². The molecule has 7 unspecified atom stereocenters. The molecular formula is C82H155NO10. The van der Waals surface area contributed by atoms with Crippen LogP contribution in [-0.2, 0) is 23.8 Å². The zero-order valence-electron chi connectivity index (χ0n) is 61.2. The second kappa shape index (κ2) is 71.2. The van der Waals surface area contributed by atoms with E-state index in [9.17, 15) is 35.1 Å². The highest BCUT2D eigenvalue weighted by Crippen LogP contribution is 2.24. The number of esters is 1. The first-order valence-corrected chi connectivity index (χ1v) is 40.8. The molecule has 1 rings (SSSR count). The van der Waals surface area contributed by atoms with Gasteiger partial charge in [-0.05, 0) is 57.8 Å². The van der Waals surface area contributed by atoms with E-state index in [0.29, 0.717) is 19.4 Å². The van der Waals surface area contributed by atoms with Gasteiger partial charge in [-0.25, -0.2) is 0 Å². The van der Waals surface area contributed by atoms with Gasteiger partial charge in [-0.15, -0.1) is 0 Å². The Bertz CT molecular complexity index is 1640. The second-order valence-corrected chi connectivity index (χ2v) is 28.5. The van der Waals surface area contributed by atoms with E-state index >= 15 is 0 Å². The number of ether oxygens (including phenoxy) is 3. The van der Waals surface area contributed by atoms with Crippen LogP contribution in [0, 0.1) is 0 Å². The van der Waals surface area contributed by atoms with Gasteiger partial charge in [0.25, 0.3) is 0 Å². The highest BCUT2D eigenvalue weighted by Gasteiger charge is 2.44. The Hall–Kier alpha value is -2.12. The van der Waals surface area contributed by atoms with Crippen molar-refractivity contribution in [2.75, 3.05) is 19.8 Å². The van der Waals surface area contributed by atoms with Crippen LogP contribution in [0.25, 0.3) is 0 Å². The number of allylic oxidation sites excluding steroid dienone is 5. The maximum atomic E-state index is 13.1. The lowest BCUT2D eigenvalue weighted by molar-refractivity contribution is -0.302. The van der Waals surface area contributed by atoms with Crippen LogP contribution in [0.3, 0.4) is 0 Å². The lowest BCUT2D eigenvalue weighted by Gasteiger charge is -2.40. The highest BCUT2D eigenvalue weighted by molar-refractivity contribution is 5.76. The molecule has 1 saturated heterocycles. The molecule has 93 heavy (non-hydrogen) atoms. The third kappa shape index (κ3) is 59.6. The summed E-state index contributed by atoms with van der Waals surface area (Å²) in [5.74, 6) is -0.169. The first kappa shape index (κ1) is 88.9. The van der Waals surface area contributed by atoms with Crippen molar-refractivity contribution in [3.63, 3.8) is 0 Å². The first-order valence-electron chi connectivity index (χ1n) is 40.8. The number of aliphatic hydroxyl groups excluding tert-OH is 5. The number of unbranched alkanes of at least 4 members (excludes halogenated alkanes) is 55. The Morgan fingerprint density at radius 1 is 0.398 bits per heavy atom. The minimum atomic E-state index is -1.57. The second-order valence-electron chi connectivity index (χ2n) is 28.5. The summed E-state index contributed by atoms with van der Waals surface area (Å²) in [6, 6.07) is -0.805. The Morgan fingerprint density at radius 3 is 1.13 bits per heavy atom. The summed E-state index contributed by atoms with van der Waals surface area (Å²) in [5, 5.41) is 54.6. The van der Waals surface area contributed by atoms with Crippen LogP contribution in [-0.4, -0.2) is 100 Å². The molecule has 11 nitrogen and oxygen atoms in total. The van der Waals surface area contributed by atoms with Gasteiger partial charge in [0, 0.05) is 12.8 Å². The maximum absolute atomic E-state index is 13.1. The summed E-state index contributed by atoms with van der Waals surface area (Å²) in [5.41, 5.74) is 0. The summed E-state index contributed by atoms with van der Waals surface area (Å²) < 4.78 is 16.8. The van der Waals surface area contributed by atoms with Crippen LogP contribution in [0.2, 0.25) is 0 Å². The monoisotopic (exact) mass is 1310 g/mol. The number of amides is 1. The number of rotatable bonds is 73. The number of hydrogen-bond donors (Lipinski definition) is 6. The smallest absolute Gasteiger partial charge is 0.305 e. The van der Waals surface area contributed by atoms with Crippen LogP contribution in [0.4, 0.5) is 0 Å². The van der Waals surface area contributed by atoms with Gasteiger partial charge < -0.3 is 45.1 Å². The van der Waals surface area contributed by atoms with Crippen LogP contribution >= 0.6 is 0 Å². The fraction of sp³-hybridized carbons (Fsp3) is 0.902. The normalized spacial score (nSPS) is 17.6. The van der Waals surface area contributed by atoms with Gasteiger partial charge in [0.1, 0.15) is 24.4 Å². The van der Waals surface area contributed by atoms with E-state index in [-0.39, 0.29) is 18.5 Å². The van der Waals surface area contributed by atoms with Gasteiger partial charge >= 0.3 is 5.97 Å². The molecule has 0 spiro atoms. The molecule has 1 fully saturated rings. The van der Waals surface area contributed by atoms with E-state index < -0.39 is 49.5 Å². The molecule has 0 aromatic heterocycles. The molecule has 1 aliphatic heterocycles. The topological polar surface area (TPSA) is 175 Å². The molecule has 0 bridgehead atoms. The van der Waals surface area contributed by atoms with Crippen LogP contribution < -0.4 is 5.32 Å². The van der Waals surface area contributed by atoms with Gasteiger partial charge in [0.15, 0.2) is 6.29 Å². The molecule has 1 heterocycles. The third-order valence-corrected chi connectivity index (χ3v) is 19.5. The predicted molar refractivity (Wildman–Crippen MR) is 394 cm³/mol. The maximum Gasteiger partial charge on any atom is 0.305 e. The van der Waals surface area contributed by atoms with E-state index in [1.165, 1.54) is 321 Å². The molecule has 1 aliphatic rings. The van der Waals surface area contributed by atoms with E-state index in [0.717, 1.165) is 64.2 Å². The summed E-state index contributed by atoms with van der Waals surface area (Å²) in [6.07, 6.45) is 83.3. The standard InChI is InChI=1S/C82H155NO10/c1-3-5-7-9-11-13-15-44-48-52-56-60-64-68-75(85)74(73-92-82-81(90)80(89)79(88)76(72-84)93-82)83-77(86)69-65-61-57-53-49-46-42-40-38-36-34-32-30-28-26-24-22-20-18-17-19-21-23-25-27-29-31-33-35-37-39-41-43-47-51-55-59-63-67-71-91-78(87)70-66-62-58-54-50-45-16-14-12-10-8-6-4-2/h8,10,14,16,64,68,74-76,79-82,84-85,88-90H,3-7,9,11-13,15,17-63,65-67,69-73H2,1-2H3,(H,83,86)/b10-8-,16-14-,68-64+. The zero-order chi connectivity index (χ0) is 67.2. The quantitative estimate of drug-likeness (QED) is 0.0195. The molecule has 0 aliphatic carbocycles. The van der Waals surface area contributed by atoms with Crippen molar-refractivity contribution in [3.8, 4) is 0 Å². The summed E-state index contributed by atoms with van der Waals surface area (Å²) >= 11 is 0.